The summed E-state index contributed by atoms with van der Waals surface area (Å²) in [5.41, 5.74) is 27.6. The highest BCUT2D eigenvalue weighted by molar-refractivity contribution is 6.17. The minimum atomic E-state index is 0.973. The Labute approximate surface area is 387 Å². The van der Waals surface area contributed by atoms with Crippen LogP contribution in [-0.4, -0.2) is 29.1 Å². The largest absolute Gasteiger partial charge is 0.361 e. The number of hydrogen-bond acceptors (Lipinski definition) is 3. The van der Waals surface area contributed by atoms with E-state index < -0.39 is 0 Å². The van der Waals surface area contributed by atoms with Crippen molar-refractivity contribution in [2.45, 2.75) is 39.5 Å². The second-order valence-corrected chi connectivity index (χ2v) is 18.5. The molecule has 0 saturated carbocycles. The minimum absolute atomic E-state index is 0.973. The summed E-state index contributed by atoms with van der Waals surface area (Å²) >= 11 is 0. The number of nitrogens with zero attached hydrogens (tertiary/aromatic N) is 5. The van der Waals surface area contributed by atoms with E-state index in [9.17, 15) is 0 Å². The van der Waals surface area contributed by atoms with E-state index in [1.165, 1.54) is 110 Å². The van der Waals surface area contributed by atoms with Crippen LogP contribution in [-0.2, 0) is 25.7 Å². The Bertz CT molecular complexity index is 3970. The first-order valence-electron chi connectivity index (χ1n) is 23.4. The molecule has 12 aromatic rings. The van der Waals surface area contributed by atoms with Crippen molar-refractivity contribution in [3.05, 3.63) is 210 Å². The number of H-pyrrole nitrogens is 1. The maximum absolute atomic E-state index is 4.64. The van der Waals surface area contributed by atoms with E-state index in [1.54, 1.807) is 0 Å². The first-order chi connectivity index (χ1) is 33.0. The average Bonchev–Trinajstić information content (AvgIpc) is 4.12. The Kier molecular flexibility index (Phi) is 8.26. The quantitative estimate of drug-likeness (QED) is 0.181. The molecule has 0 saturated heterocycles. The zero-order valence-corrected chi connectivity index (χ0v) is 37.3. The number of fused-ring (bicyclic) bond motifs is 8. The molecule has 0 unspecified atom stereocenters. The molecular formula is C61H44N6. The molecule has 0 bridgehead atoms. The topological polar surface area (TPSA) is 64.3 Å². The lowest BCUT2D eigenvalue weighted by molar-refractivity contribution is 0.882. The van der Waals surface area contributed by atoms with Gasteiger partial charge in [-0.3, -0.25) is 15.0 Å². The number of rotatable bonds is 6. The van der Waals surface area contributed by atoms with Gasteiger partial charge in [-0.15, -0.1) is 0 Å². The van der Waals surface area contributed by atoms with Crippen LogP contribution in [0, 0.1) is 13.8 Å². The molecule has 0 atom stereocenters. The third kappa shape index (κ3) is 5.79. The van der Waals surface area contributed by atoms with Crippen LogP contribution >= 0.6 is 0 Å². The molecule has 318 valence electrons. The maximum Gasteiger partial charge on any atom is 0.0701 e. The normalized spacial score (nSPS) is 13.0. The lowest BCUT2D eigenvalue weighted by atomic mass is 9.74. The maximum atomic E-state index is 4.64. The molecule has 0 radical (unpaired) electrons. The van der Waals surface area contributed by atoms with Gasteiger partial charge in [0.05, 0.1) is 33.4 Å². The van der Waals surface area contributed by atoms with Crippen LogP contribution in [0.2, 0.25) is 0 Å². The van der Waals surface area contributed by atoms with Gasteiger partial charge < -0.3 is 14.1 Å². The molecule has 0 spiro atoms. The van der Waals surface area contributed by atoms with E-state index in [0.717, 1.165) is 59.6 Å². The summed E-state index contributed by atoms with van der Waals surface area (Å²) in [4.78, 5) is 17.1. The van der Waals surface area contributed by atoms with Gasteiger partial charge in [0.25, 0.3) is 0 Å². The van der Waals surface area contributed by atoms with E-state index in [1.807, 2.05) is 49.2 Å². The lowest BCUT2D eigenvalue weighted by Crippen LogP contribution is -2.16. The van der Waals surface area contributed by atoms with Crippen LogP contribution in [0.1, 0.15) is 33.5 Å². The molecule has 67 heavy (non-hydrogen) atoms. The molecule has 6 nitrogen and oxygen atoms in total. The van der Waals surface area contributed by atoms with Gasteiger partial charge in [0.1, 0.15) is 0 Å². The summed E-state index contributed by atoms with van der Waals surface area (Å²) in [6, 6.07) is 53.9. The fourth-order valence-corrected chi connectivity index (χ4v) is 11.6. The third-order valence-electron chi connectivity index (χ3n) is 14.7. The first kappa shape index (κ1) is 38.0. The Morgan fingerprint density at radius 2 is 1.10 bits per heavy atom. The Hall–Kier alpha value is -8.35. The lowest BCUT2D eigenvalue weighted by Gasteiger charge is -2.31. The number of pyridine rings is 3. The average molecular weight is 861 g/mol. The fraction of sp³-hybridized carbons (Fsp3) is 0.0984. The molecule has 0 amide bonds. The van der Waals surface area contributed by atoms with Crippen molar-refractivity contribution in [2.75, 3.05) is 0 Å². The highest BCUT2D eigenvalue weighted by atomic mass is 15.0. The molecule has 6 heteroatoms. The van der Waals surface area contributed by atoms with Gasteiger partial charge in [0.2, 0.25) is 0 Å². The van der Waals surface area contributed by atoms with Gasteiger partial charge in [-0.05, 0) is 185 Å². The summed E-state index contributed by atoms with van der Waals surface area (Å²) in [6.07, 6.45) is 13.6. The second kappa shape index (κ2) is 14.6. The highest BCUT2D eigenvalue weighted by Crippen LogP contribution is 2.52. The van der Waals surface area contributed by atoms with Crippen molar-refractivity contribution in [3.63, 3.8) is 0 Å². The monoisotopic (exact) mass is 860 g/mol. The van der Waals surface area contributed by atoms with Crippen LogP contribution < -0.4 is 0 Å². The molecule has 1 N–H and O–H groups in total. The van der Waals surface area contributed by atoms with E-state index in [2.05, 4.69) is 170 Å². The van der Waals surface area contributed by atoms with Crippen molar-refractivity contribution in [1.29, 1.82) is 0 Å². The molecule has 14 rings (SSSR count). The van der Waals surface area contributed by atoms with Gasteiger partial charge in [0, 0.05) is 75.2 Å². The molecule has 0 fully saturated rings. The van der Waals surface area contributed by atoms with E-state index in [4.69, 9.17) is 0 Å². The number of hydrogen-bond donors (Lipinski definition) is 1. The Morgan fingerprint density at radius 3 is 1.72 bits per heavy atom. The van der Waals surface area contributed by atoms with Gasteiger partial charge in [0.15, 0.2) is 0 Å². The number of aryl methyl sites for hydroxylation is 6. The van der Waals surface area contributed by atoms with E-state index in [0.29, 0.717) is 0 Å². The summed E-state index contributed by atoms with van der Waals surface area (Å²) < 4.78 is 5.08. The molecular weight excluding hydrogens is 817 g/mol. The molecule has 6 heterocycles. The van der Waals surface area contributed by atoms with Crippen LogP contribution in [0.15, 0.2) is 177 Å². The summed E-state index contributed by atoms with van der Waals surface area (Å²) in [5, 5.41) is 5.23. The zero-order chi connectivity index (χ0) is 44.3. The van der Waals surface area contributed by atoms with Crippen molar-refractivity contribution < 1.29 is 0 Å². The van der Waals surface area contributed by atoms with Crippen molar-refractivity contribution in [2.24, 2.45) is 0 Å². The summed E-state index contributed by atoms with van der Waals surface area (Å²) in [6.45, 7) is 4.29. The van der Waals surface area contributed by atoms with Gasteiger partial charge >= 0.3 is 0 Å². The van der Waals surface area contributed by atoms with Crippen molar-refractivity contribution in [1.82, 2.24) is 29.1 Å². The van der Waals surface area contributed by atoms with Gasteiger partial charge in [-0.2, -0.15) is 0 Å². The molecule has 2 aliphatic carbocycles. The van der Waals surface area contributed by atoms with Gasteiger partial charge in [-0.25, -0.2) is 0 Å². The molecule has 6 aromatic carbocycles. The predicted molar refractivity (Wildman–Crippen MR) is 274 cm³/mol. The van der Waals surface area contributed by atoms with Crippen molar-refractivity contribution in [3.8, 4) is 67.3 Å². The van der Waals surface area contributed by atoms with Crippen molar-refractivity contribution >= 4 is 43.6 Å². The SMILES string of the molecule is Cc1cc(-n2c3ccc(-c4ccc(-c5ccccn5)cc4)cc3c3cc4c5c(c32)CCc2cc3c6cc(-c7ccc(-c8ccc[nH]8)cc7)ccc6n(-c6ccncc6C)c3c(c2-5)CC4)ccn1. The van der Waals surface area contributed by atoms with Crippen LogP contribution in [0.25, 0.3) is 111 Å². The predicted octanol–water partition coefficient (Wildman–Crippen LogP) is 14.5. The van der Waals surface area contributed by atoms with E-state index in [-0.39, 0.29) is 0 Å². The smallest absolute Gasteiger partial charge is 0.0701 e. The Balaban J connectivity index is 0.990. The second-order valence-electron chi connectivity index (χ2n) is 18.5. The van der Waals surface area contributed by atoms with Gasteiger partial charge in [-0.1, -0.05) is 66.7 Å². The number of aromatic amines is 1. The highest BCUT2D eigenvalue weighted by Gasteiger charge is 2.33. The number of aromatic nitrogens is 6. The molecule has 6 aromatic heterocycles. The Morgan fingerprint density at radius 1 is 0.478 bits per heavy atom. The number of benzene rings is 6. The minimum Gasteiger partial charge on any atom is -0.361 e. The third-order valence-corrected chi connectivity index (χ3v) is 14.7. The van der Waals surface area contributed by atoms with Crippen LogP contribution in [0.3, 0.4) is 0 Å². The van der Waals surface area contributed by atoms with Crippen LogP contribution in [0.4, 0.5) is 0 Å². The zero-order valence-electron chi connectivity index (χ0n) is 37.3. The molecule has 2 aliphatic rings. The fourth-order valence-electron chi connectivity index (χ4n) is 11.6. The van der Waals surface area contributed by atoms with Crippen LogP contribution in [0.5, 0.6) is 0 Å². The molecule has 0 aliphatic heterocycles. The standard InChI is InChI=1S/C61H44N6/c1-36-35-62-28-25-55(36)67-57-23-19-43(39-10-14-41(15-11-39)54-7-5-27-65-54)32-50(57)52-34-45-16-20-47-58-44(17-21-48(59(45)58)61(52)67)33-51-49-31-42(38-8-12-40(13-9-38)53-6-3-4-26-64-53)18-22-56(49)66(60(47)51)46-24-29-63-37(2)30-46/h3-15,18-19,22-35,65H,16-17,20-21H2,1-2H3. The number of nitrogens with one attached hydrogen (secondary N) is 1. The van der Waals surface area contributed by atoms with E-state index >= 15 is 0 Å². The summed E-state index contributed by atoms with van der Waals surface area (Å²) in [5.74, 6) is 0. The first-order valence-corrected chi connectivity index (χ1v) is 23.4. The summed E-state index contributed by atoms with van der Waals surface area (Å²) in [7, 11) is 0.